The van der Waals surface area contributed by atoms with Gasteiger partial charge >= 0.3 is 11.6 Å². The zero-order valence-electron chi connectivity index (χ0n) is 17.6. The van der Waals surface area contributed by atoms with Gasteiger partial charge in [-0.05, 0) is 34.8 Å². The number of hydrogen-bond donors (Lipinski definition) is 3. The van der Waals surface area contributed by atoms with E-state index in [1.165, 1.54) is 30.3 Å². The van der Waals surface area contributed by atoms with Gasteiger partial charge in [0.2, 0.25) is 5.69 Å². The zero-order chi connectivity index (χ0) is 27.0. The molecular weight excluding hydrogens is 524 g/mol. The minimum atomic E-state index is -5.90. The average Bonchev–Trinajstić information content (AvgIpc) is 2.78. The summed E-state index contributed by atoms with van der Waals surface area (Å²) in [6.07, 6.45) is 0. The number of nitro benzene ring substituents is 1. The highest BCUT2D eigenvalue weighted by Gasteiger charge is 2.45. The van der Waals surface area contributed by atoms with Crippen molar-refractivity contribution < 1.29 is 40.7 Å². The summed E-state index contributed by atoms with van der Waals surface area (Å²) in [4.78, 5) is 31.9. The number of rotatable bonds is 7. The molecule has 0 fully saturated rings. The summed E-state index contributed by atoms with van der Waals surface area (Å²) >= 11 is 0. The topological polar surface area (TPSA) is 241 Å². The number of nitro groups is 2. The van der Waals surface area contributed by atoms with Gasteiger partial charge in [0.05, 0.1) is 4.92 Å². The number of anilines is 2. The predicted octanol–water partition coefficient (Wildman–Crippen LogP) is 2.18. The molecule has 0 saturated carbocycles. The van der Waals surface area contributed by atoms with Gasteiger partial charge in [0, 0.05) is 22.9 Å². The highest BCUT2D eigenvalue weighted by atomic mass is 32.2. The monoisotopic (exact) mass is 538 g/mol. The lowest BCUT2D eigenvalue weighted by Gasteiger charge is -2.19. The average molecular weight is 538 g/mol. The van der Waals surface area contributed by atoms with Crippen LogP contribution < -0.4 is 10.7 Å². The Balaban J connectivity index is 2.61. The van der Waals surface area contributed by atoms with Crippen LogP contribution in [0.1, 0.15) is 10.4 Å². The number of nitrogens with two attached hydrogens (primary N) is 1. The second-order valence-electron chi connectivity index (χ2n) is 7.00. The van der Waals surface area contributed by atoms with Crippen LogP contribution in [-0.4, -0.2) is 41.8 Å². The molecule has 36 heavy (non-hydrogen) atoms. The van der Waals surface area contributed by atoms with E-state index in [2.05, 4.69) is 0 Å². The summed E-state index contributed by atoms with van der Waals surface area (Å²) < 4.78 is 69.3. The molecule has 0 heterocycles. The lowest BCUT2D eigenvalue weighted by Crippen LogP contribution is -2.38. The third-order valence-electron chi connectivity index (χ3n) is 4.71. The fourth-order valence-electron chi connectivity index (χ4n) is 3.29. The van der Waals surface area contributed by atoms with Crippen molar-refractivity contribution in [2.45, 2.75) is 9.79 Å². The van der Waals surface area contributed by atoms with Crippen molar-refractivity contribution in [2.75, 3.05) is 10.7 Å². The van der Waals surface area contributed by atoms with E-state index >= 15 is 0 Å². The summed E-state index contributed by atoms with van der Waals surface area (Å²) in [5, 5.41) is 21.7. The van der Waals surface area contributed by atoms with E-state index in [1.807, 2.05) is 0 Å². The Morgan fingerprint density at radius 1 is 0.861 bits per heavy atom. The molecule has 0 bridgehead atoms. The zero-order valence-corrected chi connectivity index (χ0v) is 19.2. The molecule has 0 aliphatic rings. The van der Waals surface area contributed by atoms with Crippen LogP contribution in [0.5, 0.6) is 0 Å². The molecule has 0 saturated heterocycles. The largest absolute Gasteiger partial charge is 0.399 e. The molecule has 15 nitrogen and oxygen atoms in total. The minimum absolute atomic E-state index is 0.154. The normalized spacial score (nSPS) is 11.6. The summed E-state index contributed by atoms with van der Waals surface area (Å²) in [6, 6.07) is 11.1. The second-order valence-corrected chi connectivity index (χ2v) is 9.72. The van der Waals surface area contributed by atoms with Gasteiger partial charge in [-0.15, -0.1) is 0 Å². The van der Waals surface area contributed by atoms with Crippen LogP contribution in [0.15, 0.2) is 70.5 Å². The maximum Gasteiger partial charge on any atom is 0.320 e. The van der Waals surface area contributed by atoms with Gasteiger partial charge in [-0.25, -0.2) is 10.1 Å². The van der Waals surface area contributed by atoms with Gasteiger partial charge < -0.3 is 5.73 Å². The fourth-order valence-corrected chi connectivity index (χ4v) is 5.49. The van der Waals surface area contributed by atoms with Gasteiger partial charge in [0.25, 0.3) is 20.2 Å². The number of amides is 1. The summed E-state index contributed by atoms with van der Waals surface area (Å²) in [6.45, 7) is 0. The van der Waals surface area contributed by atoms with E-state index in [-0.39, 0.29) is 11.3 Å². The number of hydrazine groups is 1. The molecule has 0 aromatic heterocycles. The lowest BCUT2D eigenvalue weighted by molar-refractivity contribution is -0.483. The van der Waals surface area contributed by atoms with Crippen molar-refractivity contribution >= 4 is 43.2 Å². The number of benzene rings is 3. The molecule has 17 heteroatoms. The van der Waals surface area contributed by atoms with Crippen molar-refractivity contribution in [3.8, 4) is 11.1 Å². The van der Waals surface area contributed by atoms with Crippen LogP contribution in [0.3, 0.4) is 0 Å². The van der Waals surface area contributed by atoms with E-state index in [0.717, 1.165) is 24.3 Å². The molecule has 0 spiro atoms. The highest BCUT2D eigenvalue weighted by molar-refractivity contribution is 7.89. The lowest BCUT2D eigenvalue weighted by atomic mass is 10.0. The number of carbonyl (C=O) groups excluding carboxylic acids is 1. The Morgan fingerprint density at radius 2 is 1.39 bits per heavy atom. The fraction of sp³-hybridized carbons (Fsp3) is 0. The molecular formula is C19H14N4O11S2. The van der Waals surface area contributed by atoms with Crippen molar-refractivity contribution in [1.29, 1.82) is 0 Å². The molecule has 3 aromatic carbocycles. The first-order valence-corrected chi connectivity index (χ1v) is 12.2. The smallest absolute Gasteiger partial charge is 0.320 e. The van der Waals surface area contributed by atoms with E-state index in [1.54, 1.807) is 0 Å². The minimum Gasteiger partial charge on any atom is -0.399 e. The number of hydrogen-bond acceptors (Lipinski definition) is 10. The maximum absolute atomic E-state index is 13.0. The van der Waals surface area contributed by atoms with E-state index in [9.17, 15) is 51.0 Å². The number of nitrogen functional groups attached to an aromatic ring is 1. The third-order valence-corrected chi connectivity index (χ3v) is 6.69. The van der Waals surface area contributed by atoms with Crippen LogP contribution in [0.25, 0.3) is 11.1 Å². The van der Waals surface area contributed by atoms with Crippen molar-refractivity contribution in [2.24, 2.45) is 0 Å². The second kappa shape index (κ2) is 9.30. The summed E-state index contributed by atoms with van der Waals surface area (Å²) in [7, 11) is -11.6. The van der Waals surface area contributed by atoms with Gasteiger partial charge in [0.15, 0.2) is 9.93 Å². The third kappa shape index (κ3) is 4.98. The van der Waals surface area contributed by atoms with Gasteiger partial charge in [-0.1, -0.05) is 30.3 Å². The van der Waals surface area contributed by atoms with Crippen molar-refractivity contribution in [3.05, 3.63) is 86.5 Å². The molecule has 3 rings (SSSR count). The molecule has 1 amide bonds. The van der Waals surface area contributed by atoms with Crippen LogP contribution in [-0.2, 0) is 20.2 Å². The summed E-state index contributed by atoms with van der Waals surface area (Å²) in [5.41, 5.74) is 1.05. The molecule has 0 unspecified atom stereocenters. The first-order chi connectivity index (χ1) is 16.6. The van der Waals surface area contributed by atoms with Crippen LogP contribution in [0.4, 0.5) is 17.1 Å². The van der Waals surface area contributed by atoms with Gasteiger partial charge in [-0.3, -0.25) is 24.0 Å². The van der Waals surface area contributed by atoms with Crippen LogP contribution >= 0.6 is 0 Å². The molecule has 4 N–H and O–H groups in total. The van der Waals surface area contributed by atoms with Crippen LogP contribution in [0, 0.1) is 20.2 Å². The SMILES string of the molecule is Nc1ccc(-c2cc([N+](=O)[O-])c(N(C(=O)c3ccccc3)[N+](=O)[O-])c(S(=O)(=O)O)c2S(=O)(=O)O)cc1. The van der Waals surface area contributed by atoms with Gasteiger partial charge in [-0.2, -0.15) is 16.8 Å². The Morgan fingerprint density at radius 3 is 1.83 bits per heavy atom. The van der Waals surface area contributed by atoms with E-state index in [0.29, 0.717) is 6.07 Å². The molecule has 0 aliphatic carbocycles. The maximum atomic E-state index is 13.0. The molecule has 0 radical (unpaired) electrons. The molecule has 188 valence electrons. The van der Waals surface area contributed by atoms with Gasteiger partial charge in [0.1, 0.15) is 4.90 Å². The Labute approximate surface area is 202 Å². The number of nitrogens with zero attached hydrogens (tertiary/aromatic N) is 3. The van der Waals surface area contributed by atoms with E-state index < -0.39 is 73.4 Å². The molecule has 0 aliphatic heterocycles. The quantitative estimate of drug-likeness (QED) is 0.170. The standard InChI is InChI=1S/C19H14N4O11S2/c20-13-8-6-11(7-9-13)14-10-15(22(25)26)16(18(36(32,33)34)17(14)35(29,30)31)21(23(27)28)19(24)12-4-2-1-3-5-12/h1-10H,20H2,(H,29,30,31)(H,32,33,34). The Bertz CT molecular complexity index is 1610. The Kier molecular flexibility index (Phi) is 6.76. The summed E-state index contributed by atoms with van der Waals surface area (Å²) in [5.74, 6) is -1.62. The van der Waals surface area contributed by atoms with E-state index in [4.69, 9.17) is 5.73 Å². The number of carbonyl (C=O) groups is 1. The highest BCUT2D eigenvalue weighted by Crippen LogP contribution is 2.45. The first kappa shape index (κ1) is 26.2. The predicted molar refractivity (Wildman–Crippen MR) is 123 cm³/mol. The van der Waals surface area contributed by atoms with Crippen molar-refractivity contribution in [1.82, 2.24) is 0 Å². The van der Waals surface area contributed by atoms with Crippen molar-refractivity contribution in [3.63, 3.8) is 0 Å². The molecule has 0 atom stereocenters. The molecule has 3 aromatic rings. The first-order valence-electron chi connectivity index (χ1n) is 9.34. The van der Waals surface area contributed by atoms with Crippen LogP contribution in [0.2, 0.25) is 0 Å². The Hall–Kier alpha value is -4.45.